The number of carbonyl (C=O) groups excluding carboxylic acids is 1. The van der Waals surface area contributed by atoms with Gasteiger partial charge >= 0.3 is 5.97 Å². The minimum atomic E-state index is -0.118. The number of esters is 1. The summed E-state index contributed by atoms with van der Waals surface area (Å²) >= 11 is 0. The first kappa shape index (κ1) is 10.4. The molecule has 0 aliphatic rings. The van der Waals surface area contributed by atoms with Gasteiger partial charge < -0.3 is 10.5 Å². The Morgan fingerprint density at radius 1 is 1.64 bits per heavy atom. The normalized spacial score (nSPS) is 12.6. The lowest BCUT2D eigenvalue weighted by atomic mass is 10.1. The Bertz CT molecular complexity index is 115. The van der Waals surface area contributed by atoms with Crippen LogP contribution in [0.25, 0.3) is 0 Å². The molecular formula is C8H17NO2. The van der Waals surface area contributed by atoms with E-state index in [0.717, 1.165) is 6.42 Å². The van der Waals surface area contributed by atoms with E-state index in [-0.39, 0.29) is 5.97 Å². The molecule has 2 N–H and O–H groups in total. The monoisotopic (exact) mass is 159 g/mol. The zero-order chi connectivity index (χ0) is 8.69. The Hall–Kier alpha value is -0.570. The largest absolute Gasteiger partial charge is 0.466 e. The molecule has 3 nitrogen and oxygen atoms in total. The second-order valence-electron chi connectivity index (χ2n) is 2.68. The van der Waals surface area contributed by atoms with Crippen molar-refractivity contribution in [3.8, 4) is 0 Å². The van der Waals surface area contributed by atoms with Crippen LogP contribution in [0.4, 0.5) is 0 Å². The third-order valence-electron chi connectivity index (χ3n) is 1.55. The highest BCUT2D eigenvalue weighted by Crippen LogP contribution is 2.03. The van der Waals surface area contributed by atoms with Gasteiger partial charge in [-0.05, 0) is 25.8 Å². The lowest BCUT2D eigenvalue weighted by Crippen LogP contribution is -2.13. The van der Waals surface area contributed by atoms with Gasteiger partial charge in [-0.1, -0.05) is 6.92 Å². The average Bonchev–Trinajstić information content (AvgIpc) is 2.01. The van der Waals surface area contributed by atoms with Gasteiger partial charge in [-0.2, -0.15) is 0 Å². The van der Waals surface area contributed by atoms with Crippen molar-refractivity contribution in [1.29, 1.82) is 0 Å². The molecule has 0 aromatic carbocycles. The first-order valence-electron chi connectivity index (χ1n) is 4.06. The van der Waals surface area contributed by atoms with Crippen LogP contribution in [0, 0.1) is 5.92 Å². The minimum Gasteiger partial charge on any atom is -0.466 e. The fourth-order valence-corrected chi connectivity index (χ4v) is 0.715. The second kappa shape index (κ2) is 6.16. The van der Waals surface area contributed by atoms with Crippen LogP contribution in [0.2, 0.25) is 0 Å². The lowest BCUT2D eigenvalue weighted by molar-refractivity contribution is -0.143. The SMILES string of the molecule is CCOC(=O)CCC(C)CN. The summed E-state index contributed by atoms with van der Waals surface area (Å²) in [5.74, 6) is 0.298. The zero-order valence-electron chi connectivity index (χ0n) is 7.30. The third kappa shape index (κ3) is 5.85. The van der Waals surface area contributed by atoms with Crippen molar-refractivity contribution < 1.29 is 9.53 Å². The topological polar surface area (TPSA) is 52.3 Å². The number of ether oxygens (including phenoxy) is 1. The summed E-state index contributed by atoms with van der Waals surface area (Å²) in [6, 6.07) is 0. The van der Waals surface area contributed by atoms with E-state index in [0.29, 0.717) is 25.5 Å². The molecular weight excluding hydrogens is 142 g/mol. The molecule has 3 heteroatoms. The van der Waals surface area contributed by atoms with E-state index in [9.17, 15) is 4.79 Å². The van der Waals surface area contributed by atoms with Crippen LogP contribution in [0.1, 0.15) is 26.7 Å². The third-order valence-corrected chi connectivity index (χ3v) is 1.55. The number of hydrogen-bond donors (Lipinski definition) is 1. The Balaban J connectivity index is 3.30. The van der Waals surface area contributed by atoms with Crippen LogP contribution < -0.4 is 5.73 Å². The maximum atomic E-state index is 10.8. The fourth-order valence-electron chi connectivity index (χ4n) is 0.715. The van der Waals surface area contributed by atoms with Crippen molar-refractivity contribution in [3.63, 3.8) is 0 Å². The Morgan fingerprint density at radius 3 is 2.73 bits per heavy atom. The highest BCUT2D eigenvalue weighted by molar-refractivity contribution is 5.69. The number of hydrogen-bond acceptors (Lipinski definition) is 3. The van der Waals surface area contributed by atoms with E-state index in [2.05, 4.69) is 0 Å². The molecule has 0 saturated carbocycles. The number of nitrogens with two attached hydrogens (primary N) is 1. The standard InChI is InChI=1S/C8H17NO2/c1-3-11-8(10)5-4-7(2)6-9/h7H,3-6,9H2,1-2H3. The summed E-state index contributed by atoms with van der Waals surface area (Å²) in [6.45, 7) is 4.94. The van der Waals surface area contributed by atoms with Crippen molar-refractivity contribution in [2.24, 2.45) is 11.7 Å². The predicted octanol–water partition coefficient (Wildman–Crippen LogP) is 0.924. The van der Waals surface area contributed by atoms with Crippen LogP contribution in [0.3, 0.4) is 0 Å². The van der Waals surface area contributed by atoms with Gasteiger partial charge in [-0.3, -0.25) is 4.79 Å². The van der Waals surface area contributed by atoms with Crippen molar-refractivity contribution in [1.82, 2.24) is 0 Å². The molecule has 0 fully saturated rings. The van der Waals surface area contributed by atoms with E-state index >= 15 is 0 Å². The molecule has 0 bridgehead atoms. The van der Waals surface area contributed by atoms with E-state index in [1.807, 2.05) is 13.8 Å². The smallest absolute Gasteiger partial charge is 0.305 e. The molecule has 0 amide bonds. The molecule has 0 aromatic rings. The molecule has 0 aliphatic carbocycles. The summed E-state index contributed by atoms with van der Waals surface area (Å²) in [7, 11) is 0. The summed E-state index contributed by atoms with van der Waals surface area (Å²) in [5, 5.41) is 0. The van der Waals surface area contributed by atoms with Crippen LogP contribution in [0.15, 0.2) is 0 Å². The predicted molar refractivity (Wildman–Crippen MR) is 44.1 cm³/mol. The van der Waals surface area contributed by atoms with Crippen LogP contribution in [-0.2, 0) is 9.53 Å². The lowest BCUT2D eigenvalue weighted by Gasteiger charge is -2.06. The first-order chi connectivity index (χ1) is 5.20. The van der Waals surface area contributed by atoms with Gasteiger partial charge in [-0.15, -0.1) is 0 Å². The summed E-state index contributed by atoms with van der Waals surface area (Å²) in [4.78, 5) is 10.8. The Labute approximate surface area is 67.9 Å². The number of carbonyl (C=O) groups is 1. The number of rotatable bonds is 5. The molecule has 0 heterocycles. The van der Waals surface area contributed by atoms with Gasteiger partial charge in [0.05, 0.1) is 6.61 Å². The summed E-state index contributed by atoms with van der Waals surface area (Å²) in [5.41, 5.74) is 5.38. The molecule has 11 heavy (non-hydrogen) atoms. The maximum absolute atomic E-state index is 10.8. The van der Waals surface area contributed by atoms with Crippen LogP contribution in [0.5, 0.6) is 0 Å². The van der Waals surface area contributed by atoms with Gasteiger partial charge in [0.25, 0.3) is 0 Å². The second-order valence-corrected chi connectivity index (χ2v) is 2.68. The highest BCUT2D eigenvalue weighted by atomic mass is 16.5. The summed E-state index contributed by atoms with van der Waals surface area (Å²) < 4.78 is 4.76. The molecule has 1 atom stereocenters. The molecule has 0 saturated heterocycles. The van der Waals surface area contributed by atoms with Crippen LogP contribution >= 0.6 is 0 Å². The molecule has 0 aromatic heterocycles. The van der Waals surface area contributed by atoms with E-state index in [1.165, 1.54) is 0 Å². The average molecular weight is 159 g/mol. The first-order valence-corrected chi connectivity index (χ1v) is 4.06. The molecule has 66 valence electrons. The van der Waals surface area contributed by atoms with Gasteiger partial charge in [-0.25, -0.2) is 0 Å². The highest BCUT2D eigenvalue weighted by Gasteiger charge is 2.04. The fraction of sp³-hybridized carbons (Fsp3) is 0.875. The van der Waals surface area contributed by atoms with Crippen molar-refractivity contribution in [3.05, 3.63) is 0 Å². The van der Waals surface area contributed by atoms with E-state index in [4.69, 9.17) is 10.5 Å². The maximum Gasteiger partial charge on any atom is 0.305 e. The van der Waals surface area contributed by atoms with Crippen molar-refractivity contribution in [2.75, 3.05) is 13.2 Å². The Kier molecular flexibility index (Phi) is 5.84. The Morgan fingerprint density at radius 2 is 2.27 bits per heavy atom. The minimum absolute atomic E-state index is 0.118. The summed E-state index contributed by atoms with van der Waals surface area (Å²) in [6.07, 6.45) is 1.32. The van der Waals surface area contributed by atoms with E-state index in [1.54, 1.807) is 0 Å². The molecule has 0 aliphatic heterocycles. The van der Waals surface area contributed by atoms with Gasteiger partial charge in [0.15, 0.2) is 0 Å². The van der Waals surface area contributed by atoms with E-state index < -0.39 is 0 Å². The molecule has 1 unspecified atom stereocenters. The van der Waals surface area contributed by atoms with Gasteiger partial charge in [0, 0.05) is 6.42 Å². The quantitative estimate of drug-likeness (QED) is 0.607. The zero-order valence-corrected chi connectivity index (χ0v) is 7.30. The molecule has 0 rings (SSSR count). The van der Waals surface area contributed by atoms with Gasteiger partial charge in [0.1, 0.15) is 0 Å². The molecule has 0 spiro atoms. The molecule has 0 radical (unpaired) electrons. The van der Waals surface area contributed by atoms with Crippen molar-refractivity contribution >= 4 is 5.97 Å². The van der Waals surface area contributed by atoms with Gasteiger partial charge in [0.2, 0.25) is 0 Å². The van der Waals surface area contributed by atoms with Crippen LogP contribution in [-0.4, -0.2) is 19.1 Å². The van der Waals surface area contributed by atoms with Crippen molar-refractivity contribution in [2.45, 2.75) is 26.7 Å².